The normalized spacial score (nSPS) is 12.1. The Morgan fingerprint density at radius 1 is 1.58 bits per heavy atom. The predicted octanol–water partition coefficient (Wildman–Crippen LogP) is 2.78. The highest BCUT2D eigenvalue weighted by Gasteiger charge is 2.13. The summed E-state index contributed by atoms with van der Waals surface area (Å²) in [6.07, 6.45) is 1.85. The molecule has 4 nitrogen and oxygen atoms in total. The number of amides is 1. The summed E-state index contributed by atoms with van der Waals surface area (Å²) in [5.74, 6) is -0.580. The Morgan fingerprint density at radius 3 is 2.79 bits per heavy atom. The maximum atomic E-state index is 12.0. The van der Waals surface area contributed by atoms with Crippen LogP contribution >= 0.6 is 11.6 Å². The van der Waals surface area contributed by atoms with Gasteiger partial charge in [0.05, 0.1) is 11.1 Å². The molecule has 1 aromatic rings. The monoisotopic (exact) mass is 290 g/mol. The van der Waals surface area contributed by atoms with Gasteiger partial charge in [-0.05, 0) is 24.6 Å². The van der Waals surface area contributed by atoms with Gasteiger partial charge in [0.15, 0.2) is 0 Å². The second kappa shape index (κ2) is 7.06. The van der Waals surface area contributed by atoms with Crippen LogP contribution in [0, 0.1) is 0 Å². The van der Waals surface area contributed by atoms with Crippen LogP contribution in [-0.4, -0.2) is 18.6 Å². The Bertz CT molecular complexity index is 469. The van der Waals surface area contributed by atoms with Crippen LogP contribution in [0.15, 0.2) is 30.9 Å². The molecule has 0 aromatic heterocycles. The molecular formula is C12H13ClF2N2O2. The second-order valence-electron chi connectivity index (χ2n) is 3.64. The number of alkyl halides is 2. The van der Waals surface area contributed by atoms with Gasteiger partial charge in [0.2, 0.25) is 5.91 Å². The maximum Gasteiger partial charge on any atom is 0.387 e. The van der Waals surface area contributed by atoms with Crippen molar-refractivity contribution in [1.29, 1.82) is 0 Å². The van der Waals surface area contributed by atoms with Gasteiger partial charge >= 0.3 is 6.61 Å². The van der Waals surface area contributed by atoms with Crippen molar-refractivity contribution in [3.8, 4) is 5.75 Å². The van der Waals surface area contributed by atoms with Gasteiger partial charge in [0.1, 0.15) is 5.75 Å². The third kappa shape index (κ3) is 4.84. The summed E-state index contributed by atoms with van der Waals surface area (Å²) in [6, 6.07) is 3.21. The molecular weight excluding hydrogens is 278 g/mol. The van der Waals surface area contributed by atoms with Gasteiger partial charge in [-0.2, -0.15) is 8.78 Å². The number of carbonyl (C=O) groups is 1. The highest BCUT2D eigenvalue weighted by Crippen LogP contribution is 2.28. The molecule has 0 aliphatic carbocycles. The van der Waals surface area contributed by atoms with Gasteiger partial charge in [-0.1, -0.05) is 17.7 Å². The van der Waals surface area contributed by atoms with E-state index in [9.17, 15) is 13.6 Å². The molecule has 1 atom stereocenters. The molecule has 0 fully saturated rings. The zero-order valence-electron chi connectivity index (χ0n) is 9.91. The number of nitrogens with one attached hydrogen (secondary N) is 1. The van der Waals surface area contributed by atoms with E-state index in [4.69, 9.17) is 17.3 Å². The van der Waals surface area contributed by atoms with Crippen LogP contribution in [0.25, 0.3) is 0 Å². The fourth-order valence-electron chi connectivity index (χ4n) is 1.29. The third-order valence-corrected chi connectivity index (χ3v) is 2.47. The summed E-state index contributed by atoms with van der Waals surface area (Å²) in [5.41, 5.74) is 5.91. The first-order valence-electron chi connectivity index (χ1n) is 5.35. The molecule has 0 radical (unpaired) electrons. The Kier molecular flexibility index (Phi) is 5.72. The number of halogens is 3. The Labute approximate surface area is 114 Å². The number of carbonyl (C=O) groups excluding carboxylic acids is 1. The van der Waals surface area contributed by atoms with E-state index in [2.05, 4.69) is 16.6 Å². The minimum atomic E-state index is -2.96. The first kappa shape index (κ1) is 15.4. The standard InChI is InChI=1S/C12H13ClF2N2O2/c1-2-3-9(16)11(18)17-7-4-5-10(8(13)6-7)19-12(14)15/h2,4-6,9,12H,1,3,16H2,(H,17,18). The van der Waals surface area contributed by atoms with E-state index in [1.165, 1.54) is 24.3 Å². The molecule has 1 unspecified atom stereocenters. The lowest BCUT2D eigenvalue weighted by molar-refractivity contribution is -0.117. The highest BCUT2D eigenvalue weighted by atomic mass is 35.5. The lowest BCUT2D eigenvalue weighted by Gasteiger charge is -2.12. The zero-order valence-corrected chi connectivity index (χ0v) is 10.7. The van der Waals surface area contributed by atoms with Gasteiger partial charge in [0, 0.05) is 5.69 Å². The Morgan fingerprint density at radius 2 is 2.26 bits per heavy atom. The van der Waals surface area contributed by atoms with Crippen LogP contribution in [0.4, 0.5) is 14.5 Å². The van der Waals surface area contributed by atoms with E-state index >= 15 is 0 Å². The van der Waals surface area contributed by atoms with E-state index in [0.717, 1.165) is 0 Å². The van der Waals surface area contributed by atoms with E-state index in [-0.39, 0.29) is 10.8 Å². The van der Waals surface area contributed by atoms with Crippen molar-refractivity contribution in [2.24, 2.45) is 5.73 Å². The van der Waals surface area contributed by atoms with E-state index in [1.807, 2.05) is 0 Å². The van der Waals surface area contributed by atoms with Gasteiger partial charge in [-0.25, -0.2) is 0 Å². The highest BCUT2D eigenvalue weighted by molar-refractivity contribution is 6.32. The van der Waals surface area contributed by atoms with Gasteiger partial charge in [-0.3, -0.25) is 4.79 Å². The molecule has 0 spiro atoms. The SMILES string of the molecule is C=CCC(N)C(=O)Nc1ccc(OC(F)F)c(Cl)c1. The molecule has 1 aromatic carbocycles. The molecule has 0 saturated carbocycles. The lowest BCUT2D eigenvalue weighted by Crippen LogP contribution is -2.35. The zero-order chi connectivity index (χ0) is 14.4. The van der Waals surface area contributed by atoms with E-state index < -0.39 is 18.6 Å². The summed E-state index contributed by atoms with van der Waals surface area (Å²) >= 11 is 5.74. The number of ether oxygens (including phenoxy) is 1. The Balaban J connectivity index is 2.73. The molecule has 104 valence electrons. The minimum Gasteiger partial charge on any atom is -0.433 e. The molecule has 0 heterocycles. The number of rotatable bonds is 6. The topological polar surface area (TPSA) is 64.4 Å². The average molecular weight is 291 g/mol. The molecule has 1 rings (SSSR count). The molecule has 0 bridgehead atoms. The van der Waals surface area contributed by atoms with Crippen LogP contribution in [0.2, 0.25) is 5.02 Å². The summed E-state index contributed by atoms with van der Waals surface area (Å²) in [6.45, 7) is 0.515. The van der Waals surface area contributed by atoms with Crippen molar-refractivity contribution in [2.45, 2.75) is 19.1 Å². The van der Waals surface area contributed by atoms with Crippen molar-refractivity contribution >= 4 is 23.2 Å². The average Bonchev–Trinajstić information content (AvgIpc) is 2.32. The van der Waals surface area contributed by atoms with E-state index in [0.29, 0.717) is 12.1 Å². The van der Waals surface area contributed by atoms with Crippen molar-refractivity contribution in [3.05, 3.63) is 35.9 Å². The fourth-order valence-corrected chi connectivity index (χ4v) is 1.52. The molecule has 1 amide bonds. The summed E-state index contributed by atoms with van der Waals surface area (Å²) < 4.78 is 28.2. The van der Waals surface area contributed by atoms with Crippen LogP contribution in [0.3, 0.4) is 0 Å². The van der Waals surface area contributed by atoms with E-state index in [1.54, 1.807) is 0 Å². The number of nitrogens with two attached hydrogens (primary N) is 1. The fraction of sp³-hybridized carbons (Fsp3) is 0.250. The first-order valence-corrected chi connectivity index (χ1v) is 5.73. The van der Waals surface area contributed by atoms with Gasteiger partial charge in [0.25, 0.3) is 0 Å². The van der Waals surface area contributed by atoms with Gasteiger partial charge < -0.3 is 15.8 Å². The molecule has 0 aliphatic rings. The van der Waals surface area contributed by atoms with Crippen LogP contribution in [0.1, 0.15) is 6.42 Å². The largest absolute Gasteiger partial charge is 0.433 e. The maximum absolute atomic E-state index is 12.0. The number of benzene rings is 1. The molecule has 0 saturated heterocycles. The summed E-state index contributed by atoms with van der Waals surface area (Å²) in [4.78, 5) is 11.6. The lowest BCUT2D eigenvalue weighted by atomic mass is 10.2. The number of hydrogen-bond acceptors (Lipinski definition) is 3. The van der Waals surface area contributed by atoms with Crippen LogP contribution in [0.5, 0.6) is 5.75 Å². The third-order valence-electron chi connectivity index (χ3n) is 2.17. The van der Waals surface area contributed by atoms with Crippen LogP contribution in [-0.2, 0) is 4.79 Å². The molecule has 7 heteroatoms. The Hall–Kier alpha value is -1.66. The number of anilines is 1. The summed E-state index contributed by atoms with van der Waals surface area (Å²) in [5, 5.41) is 2.48. The number of hydrogen-bond donors (Lipinski definition) is 2. The molecule has 3 N–H and O–H groups in total. The smallest absolute Gasteiger partial charge is 0.387 e. The predicted molar refractivity (Wildman–Crippen MR) is 69.5 cm³/mol. The molecule has 0 aliphatic heterocycles. The summed E-state index contributed by atoms with van der Waals surface area (Å²) in [7, 11) is 0. The van der Waals surface area contributed by atoms with Crippen molar-refractivity contribution in [3.63, 3.8) is 0 Å². The van der Waals surface area contributed by atoms with Gasteiger partial charge in [-0.15, -0.1) is 6.58 Å². The van der Waals surface area contributed by atoms with Crippen molar-refractivity contribution < 1.29 is 18.3 Å². The van der Waals surface area contributed by atoms with Crippen molar-refractivity contribution in [2.75, 3.05) is 5.32 Å². The minimum absolute atomic E-state index is 0.0320. The van der Waals surface area contributed by atoms with Crippen LogP contribution < -0.4 is 15.8 Å². The van der Waals surface area contributed by atoms with Crippen molar-refractivity contribution in [1.82, 2.24) is 0 Å². The second-order valence-corrected chi connectivity index (χ2v) is 4.05. The molecule has 19 heavy (non-hydrogen) atoms. The first-order chi connectivity index (χ1) is 8.93. The quantitative estimate of drug-likeness (QED) is 0.792.